The summed E-state index contributed by atoms with van der Waals surface area (Å²) in [5, 5.41) is 0. The molecule has 4 bridgehead atoms. The lowest BCUT2D eigenvalue weighted by atomic mass is 9.39. The van der Waals surface area contributed by atoms with Gasteiger partial charge in [0.05, 0.1) is 5.54 Å². The van der Waals surface area contributed by atoms with Crippen molar-refractivity contribution in [3.63, 3.8) is 0 Å². The van der Waals surface area contributed by atoms with Gasteiger partial charge in [0.15, 0.2) is 0 Å². The second-order valence-corrected chi connectivity index (χ2v) is 7.99. The van der Waals surface area contributed by atoms with Crippen molar-refractivity contribution < 1.29 is 5.73 Å². The van der Waals surface area contributed by atoms with E-state index in [2.05, 4.69) is 26.5 Å². The van der Waals surface area contributed by atoms with E-state index in [0.29, 0.717) is 21.8 Å². The Morgan fingerprint density at radius 3 is 1.14 bits per heavy atom. The molecule has 0 atom stereocenters. The predicted octanol–water partition coefficient (Wildman–Crippen LogP) is 2.37. The van der Waals surface area contributed by atoms with E-state index in [1.54, 1.807) is 0 Å². The maximum atomic E-state index is 4.57. The fraction of sp³-hybridized carbons (Fsp3) is 1.00. The van der Waals surface area contributed by atoms with Crippen LogP contribution >= 0.6 is 0 Å². The van der Waals surface area contributed by atoms with Crippen LogP contribution in [0.3, 0.4) is 0 Å². The summed E-state index contributed by atoms with van der Waals surface area (Å²) in [6.45, 7) is 7.54. The summed E-state index contributed by atoms with van der Waals surface area (Å²) >= 11 is 0. The first kappa shape index (κ1) is 9.21. The summed E-state index contributed by atoms with van der Waals surface area (Å²) < 4.78 is 0. The van der Waals surface area contributed by atoms with Gasteiger partial charge in [0, 0.05) is 19.3 Å². The van der Waals surface area contributed by atoms with Crippen molar-refractivity contribution in [2.45, 2.75) is 64.8 Å². The van der Waals surface area contributed by atoms with Gasteiger partial charge in [0.25, 0.3) is 0 Å². The highest BCUT2D eigenvalue weighted by Gasteiger charge is 2.64. The largest absolute Gasteiger partial charge is 0.353 e. The lowest BCUT2D eigenvalue weighted by molar-refractivity contribution is -0.519. The van der Waals surface area contributed by atoms with Crippen LogP contribution in [-0.4, -0.2) is 5.54 Å². The average molecular weight is 194 g/mol. The van der Waals surface area contributed by atoms with Crippen LogP contribution in [0.25, 0.3) is 0 Å². The fourth-order valence-electron chi connectivity index (χ4n) is 6.56. The van der Waals surface area contributed by atoms with E-state index in [1.807, 2.05) is 0 Å². The molecule has 1 nitrogen and oxygen atoms in total. The van der Waals surface area contributed by atoms with E-state index in [4.69, 9.17) is 0 Å². The van der Waals surface area contributed by atoms with Crippen molar-refractivity contribution in [1.29, 1.82) is 0 Å². The Morgan fingerprint density at radius 2 is 0.929 bits per heavy atom. The summed E-state index contributed by atoms with van der Waals surface area (Å²) in [5.41, 5.74) is 6.88. The highest BCUT2D eigenvalue weighted by atomic mass is 14.8. The second kappa shape index (κ2) is 2.07. The van der Waals surface area contributed by atoms with Crippen LogP contribution in [0.15, 0.2) is 0 Å². The van der Waals surface area contributed by atoms with Crippen molar-refractivity contribution in [3.8, 4) is 0 Å². The molecule has 0 heterocycles. The molecule has 0 aromatic rings. The Kier molecular flexibility index (Phi) is 1.36. The molecule has 3 N–H and O–H groups in total. The summed E-state index contributed by atoms with van der Waals surface area (Å²) in [4.78, 5) is 0. The van der Waals surface area contributed by atoms with Crippen molar-refractivity contribution in [1.82, 2.24) is 0 Å². The van der Waals surface area contributed by atoms with Gasteiger partial charge < -0.3 is 5.73 Å². The van der Waals surface area contributed by atoms with Gasteiger partial charge in [0.2, 0.25) is 0 Å². The number of quaternary nitrogens is 1. The number of hydrogen-bond acceptors (Lipinski definition) is 0. The third-order valence-corrected chi connectivity index (χ3v) is 4.97. The molecule has 4 aliphatic rings. The molecule has 0 unspecified atom stereocenters. The highest BCUT2D eigenvalue weighted by molar-refractivity contribution is 5.14. The molecule has 14 heavy (non-hydrogen) atoms. The Balaban J connectivity index is 2.08. The van der Waals surface area contributed by atoms with Crippen molar-refractivity contribution in [2.24, 2.45) is 16.2 Å². The summed E-state index contributed by atoms with van der Waals surface area (Å²) in [6, 6.07) is 0. The van der Waals surface area contributed by atoms with Crippen LogP contribution in [0, 0.1) is 16.2 Å². The molecular weight excluding hydrogens is 170 g/mol. The molecule has 0 spiro atoms. The molecular formula is C13H24N+. The molecule has 4 rings (SSSR count). The first-order valence-corrected chi connectivity index (χ1v) is 6.10. The molecule has 0 amide bonds. The van der Waals surface area contributed by atoms with Crippen LogP contribution in [-0.2, 0) is 0 Å². The Labute approximate surface area is 87.4 Å². The summed E-state index contributed by atoms with van der Waals surface area (Å²) in [5.74, 6) is 0. The maximum absolute atomic E-state index is 4.57. The zero-order chi connectivity index (χ0) is 10.2. The lowest BCUT2D eigenvalue weighted by Crippen LogP contribution is -2.81. The van der Waals surface area contributed by atoms with Gasteiger partial charge in [-0.15, -0.1) is 0 Å². The van der Waals surface area contributed by atoms with Gasteiger partial charge in [-0.05, 0) is 35.5 Å². The van der Waals surface area contributed by atoms with Crippen LogP contribution in [0.5, 0.6) is 0 Å². The van der Waals surface area contributed by atoms with Gasteiger partial charge in [-0.1, -0.05) is 20.8 Å². The van der Waals surface area contributed by atoms with E-state index in [1.165, 1.54) is 38.5 Å². The van der Waals surface area contributed by atoms with Crippen LogP contribution < -0.4 is 5.73 Å². The van der Waals surface area contributed by atoms with E-state index in [-0.39, 0.29) is 0 Å². The molecule has 0 radical (unpaired) electrons. The van der Waals surface area contributed by atoms with Gasteiger partial charge in [-0.3, -0.25) is 0 Å². The third kappa shape index (κ3) is 1.11. The quantitative estimate of drug-likeness (QED) is 0.613. The first-order chi connectivity index (χ1) is 6.24. The van der Waals surface area contributed by atoms with Gasteiger partial charge >= 0.3 is 0 Å². The topological polar surface area (TPSA) is 27.6 Å². The van der Waals surface area contributed by atoms with E-state index in [0.717, 1.165) is 0 Å². The second-order valence-electron chi connectivity index (χ2n) is 7.99. The zero-order valence-corrected chi connectivity index (χ0v) is 9.95. The molecule has 4 aliphatic carbocycles. The minimum absolute atomic E-state index is 0.438. The summed E-state index contributed by atoms with van der Waals surface area (Å²) in [7, 11) is 0. The molecule has 0 aromatic carbocycles. The van der Waals surface area contributed by atoms with Crippen LogP contribution in [0.4, 0.5) is 0 Å². The van der Waals surface area contributed by atoms with Gasteiger partial charge in [-0.25, -0.2) is 0 Å². The monoisotopic (exact) mass is 194 g/mol. The van der Waals surface area contributed by atoms with Crippen molar-refractivity contribution in [2.75, 3.05) is 0 Å². The molecule has 1 heteroatoms. The standard InChI is InChI=1S/C13H23N/c1-10-4-11(2)6-12(3,5-10)9-13(14,7-10)8-11/h4-9,14H2,1-3H3/p+1. The van der Waals surface area contributed by atoms with Crippen molar-refractivity contribution in [3.05, 3.63) is 0 Å². The average Bonchev–Trinajstić information content (AvgIpc) is 1.67. The number of hydrogen-bond donors (Lipinski definition) is 1. The molecule has 80 valence electrons. The smallest absolute Gasteiger partial charge is 0.0961 e. The molecule has 0 saturated heterocycles. The predicted molar refractivity (Wildman–Crippen MR) is 57.6 cm³/mol. The third-order valence-electron chi connectivity index (χ3n) is 4.97. The minimum Gasteiger partial charge on any atom is -0.353 e. The molecule has 0 aliphatic heterocycles. The van der Waals surface area contributed by atoms with Crippen LogP contribution in [0.1, 0.15) is 59.3 Å². The fourth-order valence-corrected chi connectivity index (χ4v) is 6.56. The Hall–Kier alpha value is -0.0400. The Morgan fingerprint density at radius 1 is 0.643 bits per heavy atom. The molecule has 0 aromatic heterocycles. The normalized spacial score (nSPS) is 66.0. The van der Waals surface area contributed by atoms with Gasteiger partial charge in [0.1, 0.15) is 0 Å². The first-order valence-electron chi connectivity index (χ1n) is 6.10. The highest BCUT2D eigenvalue weighted by Crippen LogP contribution is 2.69. The lowest BCUT2D eigenvalue weighted by Gasteiger charge is -2.66. The van der Waals surface area contributed by atoms with E-state index < -0.39 is 0 Å². The number of rotatable bonds is 0. The van der Waals surface area contributed by atoms with E-state index >= 15 is 0 Å². The maximum Gasteiger partial charge on any atom is 0.0961 e. The van der Waals surface area contributed by atoms with Crippen LogP contribution in [0.2, 0.25) is 0 Å². The Bertz CT molecular complexity index is 198. The summed E-state index contributed by atoms with van der Waals surface area (Å²) in [6.07, 6.45) is 8.58. The van der Waals surface area contributed by atoms with Gasteiger partial charge in [-0.2, -0.15) is 0 Å². The van der Waals surface area contributed by atoms with E-state index in [9.17, 15) is 0 Å². The SMILES string of the molecule is CC12CC3(C)CC(C)(C1)CC([NH3+])(C2)C3. The minimum atomic E-state index is 0.438. The molecule has 4 saturated carbocycles. The molecule has 4 fully saturated rings. The zero-order valence-electron chi connectivity index (χ0n) is 9.95. The van der Waals surface area contributed by atoms with Crippen molar-refractivity contribution >= 4 is 0 Å².